The van der Waals surface area contributed by atoms with E-state index in [4.69, 9.17) is 11.6 Å². The van der Waals surface area contributed by atoms with E-state index >= 15 is 0 Å². The Hall–Kier alpha value is -1.65. The summed E-state index contributed by atoms with van der Waals surface area (Å²) >= 11 is 7.18. The first kappa shape index (κ1) is 19.1. The molecule has 0 saturated carbocycles. The number of thioether (sulfide) groups is 1. The van der Waals surface area contributed by atoms with Gasteiger partial charge in [-0.15, -0.1) is 16.7 Å². The standard InChI is InChI=1S/C15H18ClN5O3S2/c1-9-3-4-11(5-10(9)2)21-15(18-19-20-21)25-6-14(22)17-13-8-26(23,24)7-12(13)16/h3-5,12-13H,6-8H2,1-2H3,(H,17,22)/t12-,13-/m0/s1. The van der Waals surface area contributed by atoms with Crippen LogP contribution in [0.1, 0.15) is 11.1 Å². The van der Waals surface area contributed by atoms with E-state index in [1.165, 1.54) is 11.8 Å². The van der Waals surface area contributed by atoms with Crippen LogP contribution in [0, 0.1) is 13.8 Å². The van der Waals surface area contributed by atoms with Gasteiger partial charge in [-0.25, -0.2) is 8.42 Å². The predicted molar refractivity (Wildman–Crippen MR) is 99.6 cm³/mol. The molecule has 2 aromatic rings. The van der Waals surface area contributed by atoms with Gasteiger partial charge in [-0.3, -0.25) is 4.79 Å². The third kappa shape index (κ3) is 4.36. The molecule has 2 atom stereocenters. The molecule has 26 heavy (non-hydrogen) atoms. The third-order valence-corrected chi connectivity index (χ3v) is 7.43. The maximum atomic E-state index is 12.1. The van der Waals surface area contributed by atoms with Crippen molar-refractivity contribution in [3.8, 4) is 5.69 Å². The maximum Gasteiger partial charge on any atom is 0.230 e. The molecule has 1 N–H and O–H groups in total. The van der Waals surface area contributed by atoms with Crippen LogP contribution in [0.25, 0.3) is 5.69 Å². The van der Waals surface area contributed by atoms with Crippen molar-refractivity contribution in [1.29, 1.82) is 0 Å². The number of aromatic nitrogens is 4. The Balaban J connectivity index is 1.63. The number of hydrogen-bond donors (Lipinski definition) is 1. The van der Waals surface area contributed by atoms with Gasteiger partial charge in [0, 0.05) is 0 Å². The van der Waals surface area contributed by atoms with Crippen molar-refractivity contribution >= 4 is 39.1 Å². The monoisotopic (exact) mass is 415 g/mol. The quantitative estimate of drug-likeness (QED) is 0.570. The molecular formula is C15H18ClN5O3S2. The number of sulfone groups is 1. The van der Waals surface area contributed by atoms with Gasteiger partial charge in [0.15, 0.2) is 9.84 Å². The molecule has 1 aliphatic rings. The van der Waals surface area contributed by atoms with Crippen LogP contribution in [0.15, 0.2) is 23.4 Å². The third-order valence-electron chi connectivity index (χ3n) is 4.14. The molecule has 0 radical (unpaired) electrons. The van der Waals surface area contributed by atoms with E-state index in [-0.39, 0.29) is 23.2 Å². The van der Waals surface area contributed by atoms with Gasteiger partial charge in [-0.2, -0.15) is 4.68 Å². The van der Waals surface area contributed by atoms with Crippen LogP contribution in [-0.4, -0.2) is 63.2 Å². The summed E-state index contributed by atoms with van der Waals surface area (Å²) in [6.07, 6.45) is 0. The van der Waals surface area contributed by atoms with E-state index in [9.17, 15) is 13.2 Å². The first-order chi connectivity index (χ1) is 12.2. The molecule has 3 rings (SSSR count). The number of alkyl halides is 1. The number of rotatable bonds is 5. The highest BCUT2D eigenvalue weighted by atomic mass is 35.5. The molecule has 0 unspecified atom stereocenters. The van der Waals surface area contributed by atoms with Gasteiger partial charge >= 0.3 is 0 Å². The Kier molecular flexibility index (Phi) is 5.54. The van der Waals surface area contributed by atoms with E-state index in [1.807, 2.05) is 32.0 Å². The van der Waals surface area contributed by atoms with Gasteiger partial charge < -0.3 is 5.32 Å². The fourth-order valence-electron chi connectivity index (χ4n) is 2.60. The molecule has 2 heterocycles. The summed E-state index contributed by atoms with van der Waals surface area (Å²) in [4.78, 5) is 12.1. The van der Waals surface area contributed by atoms with Crippen molar-refractivity contribution in [2.24, 2.45) is 0 Å². The van der Waals surface area contributed by atoms with Gasteiger partial charge in [0.05, 0.1) is 34.4 Å². The number of carbonyl (C=O) groups excluding carboxylic acids is 1. The zero-order valence-corrected chi connectivity index (χ0v) is 16.6. The van der Waals surface area contributed by atoms with E-state index in [1.54, 1.807) is 4.68 Å². The first-order valence-electron chi connectivity index (χ1n) is 7.88. The van der Waals surface area contributed by atoms with Gasteiger partial charge in [-0.1, -0.05) is 17.8 Å². The number of nitrogens with one attached hydrogen (secondary N) is 1. The van der Waals surface area contributed by atoms with E-state index in [2.05, 4.69) is 20.8 Å². The van der Waals surface area contributed by atoms with Gasteiger partial charge in [0.1, 0.15) is 0 Å². The number of amides is 1. The van der Waals surface area contributed by atoms with Gasteiger partial charge in [0.25, 0.3) is 0 Å². The Labute approximate surface area is 160 Å². The lowest BCUT2D eigenvalue weighted by Gasteiger charge is -2.14. The second kappa shape index (κ2) is 7.53. The highest BCUT2D eigenvalue weighted by Crippen LogP contribution is 2.21. The number of carbonyl (C=O) groups is 1. The predicted octanol–water partition coefficient (Wildman–Crippen LogP) is 0.892. The fourth-order valence-corrected chi connectivity index (χ4v) is 5.86. The number of benzene rings is 1. The SMILES string of the molecule is Cc1ccc(-n2nnnc2SCC(=O)N[C@H]2CS(=O)(=O)C[C@@H]2Cl)cc1C. The average molecular weight is 416 g/mol. The van der Waals surface area contributed by atoms with Gasteiger partial charge in [0.2, 0.25) is 11.1 Å². The summed E-state index contributed by atoms with van der Waals surface area (Å²) in [7, 11) is -3.19. The Morgan fingerprint density at radius 3 is 2.77 bits per heavy atom. The summed E-state index contributed by atoms with van der Waals surface area (Å²) in [6, 6.07) is 5.29. The van der Waals surface area contributed by atoms with Crippen LogP contribution < -0.4 is 5.32 Å². The molecule has 1 aromatic carbocycles. The molecule has 8 nitrogen and oxygen atoms in total. The minimum absolute atomic E-state index is 0.0609. The maximum absolute atomic E-state index is 12.1. The van der Waals surface area contributed by atoms with Crippen LogP contribution in [0.5, 0.6) is 0 Å². The minimum atomic E-state index is -3.19. The second-order valence-corrected chi connectivity index (χ2v) is 9.85. The number of nitrogens with zero attached hydrogens (tertiary/aromatic N) is 4. The van der Waals surface area contributed by atoms with E-state index < -0.39 is 21.3 Å². The van der Waals surface area contributed by atoms with Crippen LogP contribution >= 0.6 is 23.4 Å². The topological polar surface area (TPSA) is 107 Å². The lowest BCUT2D eigenvalue weighted by Crippen LogP contribution is -2.41. The normalized spacial score (nSPS) is 21.7. The molecule has 1 saturated heterocycles. The second-order valence-electron chi connectivity index (χ2n) is 6.20. The molecule has 1 amide bonds. The molecule has 1 fully saturated rings. The molecule has 1 aliphatic heterocycles. The highest BCUT2D eigenvalue weighted by molar-refractivity contribution is 7.99. The lowest BCUT2D eigenvalue weighted by molar-refractivity contribution is -0.119. The average Bonchev–Trinajstić information content (AvgIpc) is 3.12. The summed E-state index contributed by atoms with van der Waals surface area (Å²) in [6.45, 7) is 4.02. The number of halogens is 1. The molecule has 0 bridgehead atoms. The minimum Gasteiger partial charge on any atom is -0.350 e. The molecule has 0 aliphatic carbocycles. The molecule has 11 heteroatoms. The van der Waals surface area contributed by atoms with Crippen molar-refractivity contribution in [1.82, 2.24) is 25.5 Å². The molecule has 1 aromatic heterocycles. The van der Waals surface area contributed by atoms with Crippen LogP contribution in [0.4, 0.5) is 0 Å². The number of aryl methyl sites for hydroxylation is 2. The lowest BCUT2D eigenvalue weighted by atomic mass is 10.1. The fraction of sp³-hybridized carbons (Fsp3) is 0.467. The summed E-state index contributed by atoms with van der Waals surface area (Å²) in [5, 5.41) is 14.1. The number of hydrogen-bond acceptors (Lipinski definition) is 7. The summed E-state index contributed by atoms with van der Waals surface area (Å²) < 4.78 is 24.7. The van der Waals surface area contributed by atoms with Crippen LogP contribution in [0.2, 0.25) is 0 Å². The van der Waals surface area contributed by atoms with E-state index in [0.29, 0.717) is 5.16 Å². The Morgan fingerprint density at radius 1 is 1.35 bits per heavy atom. The summed E-state index contributed by atoms with van der Waals surface area (Å²) in [5.41, 5.74) is 3.09. The largest absolute Gasteiger partial charge is 0.350 e. The Morgan fingerprint density at radius 2 is 2.12 bits per heavy atom. The zero-order valence-electron chi connectivity index (χ0n) is 14.2. The van der Waals surface area contributed by atoms with Crippen LogP contribution in [-0.2, 0) is 14.6 Å². The van der Waals surface area contributed by atoms with E-state index in [0.717, 1.165) is 16.8 Å². The van der Waals surface area contributed by atoms with Gasteiger partial charge in [-0.05, 0) is 47.5 Å². The smallest absolute Gasteiger partial charge is 0.230 e. The van der Waals surface area contributed by atoms with Crippen molar-refractivity contribution in [3.63, 3.8) is 0 Å². The van der Waals surface area contributed by atoms with Crippen LogP contribution in [0.3, 0.4) is 0 Å². The van der Waals surface area contributed by atoms with Crippen molar-refractivity contribution in [3.05, 3.63) is 29.3 Å². The first-order valence-corrected chi connectivity index (χ1v) is 11.1. The highest BCUT2D eigenvalue weighted by Gasteiger charge is 2.37. The number of tetrazole rings is 1. The Bertz CT molecular complexity index is 931. The van der Waals surface area contributed by atoms with Crippen molar-refractivity contribution in [2.75, 3.05) is 17.3 Å². The summed E-state index contributed by atoms with van der Waals surface area (Å²) in [5.74, 6) is -0.488. The molecule has 0 spiro atoms. The van der Waals surface area contributed by atoms with Crippen molar-refractivity contribution < 1.29 is 13.2 Å². The zero-order chi connectivity index (χ0) is 18.9. The molecular weight excluding hydrogens is 398 g/mol. The molecule has 140 valence electrons. The van der Waals surface area contributed by atoms with Crippen molar-refractivity contribution in [2.45, 2.75) is 30.4 Å².